The van der Waals surface area contributed by atoms with Crippen molar-refractivity contribution in [3.8, 4) is 17.1 Å². The number of fused-ring (bicyclic) bond motifs is 3. The van der Waals surface area contributed by atoms with Crippen molar-refractivity contribution < 1.29 is 13.9 Å². The zero-order chi connectivity index (χ0) is 27.4. The van der Waals surface area contributed by atoms with E-state index in [1.807, 2.05) is 29.2 Å². The first-order valence-electron chi connectivity index (χ1n) is 14.7. The van der Waals surface area contributed by atoms with Crippen LogP contribution in [-0.2, 0) is 17.6 Å². The number of hydrogen-bond acceptors (Lipinski definition) is 6. The molecule has 40 heavy (non-hydrogen) atoms. The molecule has 1 aliphatic carbocycles. The summed E-state index contributed by atoms with van der Waals surface area (Å²) in [6, 6.07) is 10.9. The summed E-state index contributed by atoms with van der Waals surface area (Å²) in [6.45, 7) is 6.52. The smallest absolute Gasteiger partial charge is 0.319 e. The monoisotopic (exact) mass is 541 g/mol. The summed E-state index contributed by atoms with van der Waals surface area (Å²) >= 11 is 0. The van der Waals surface area contributed by atoms with Gasteiger partial charge in [0.15, 0.2) is 5.82 Å². The van der Waals surface area contributed by atoms with Crippen LogP contribution < -0.4 is 9.64 Å². The molecule has 0 radical (unpaired) electrons. The Hall–Kier alpha value is -3.52. The van der Waals surface area contributed by atoms with E-state index in [0.29, 0.717) is 48.0 Å². The number of carbonyl (C=O) groups is 1. The first-order valence-corrected chi connectivity index (χ1v) is 14.7. The van der Waals surface area contributed by atoms with Gasteiger partial charge in [0.1, 0.15) is 17.9 Å². The van der Waals surface area contributed by atoms with Crippen LogP contribution in [-0.4, -0.2) is 77.1 Å². The van der Waals surface area contributed by atoms with Crippen LogP contribution in [0.2, 0.25) is 0 Å². The van der Waals surface area contributed by atoms with Gasteiger partial charge in [-0.15, -0.1) is 0 Å². The number of halogens is 1. The van der Waals surface area contributed by atoms with E-state index in [-0.39, 0.29) is 29.8 Å². The van der Waals surface area contributed by atoms with E-state index in [9.17, 15) is 4.79 Å². The molecular formula is C32H36FN5O2. The molecule has 2 aromatic carbocycles. The van der Waals surface area contributed by atoms with Gasteiger partial charge in [0.25, 0.3) is 0 Å². The topological polar surface area (TPSA) is 61.8 Å². The average molecular weight is 542 g/mol. The largest absolute Gasteiger partial charge is 0.462 e. The van der Waals surface area contributed by atoms with Crippen molar-refractivity contribution in [2.75, 3.05) is 38.2 Å². The molecule has 0 bridgehead atoms. The molecule has 1 amide bonds. The maximum absolute atomic E-state index is 16.5. The van der Waals surface area contributed by atoms with E-state index in [2.05, 4.69) is 34.5 Å². The van der Waals surface area contributed by atoms with Crippen molar-refractivity contribution in [3.63, 3.8) is 0 Å². The number of hydrogen-bond donors (Lipinski definition) is 0. The van der Waals surface area contributed by atoms with Crippen LogP contribution in [0.4, 0.5) is 10.2 Å². The predicted octanol–water partition coefficient (Wildman–Crippen LogP) is 4.76. The minimum absolute atomic E-state index is 0.0359. The minimum Gasteiger partial charge on any atom is -0.462 e. The van der Waals surface area contributed by atoms with Crippen molar-refractivity contribution >= 4 is 22.6 Å². The normalized spacial score (nSPS) is 24.1. The number of aryl methyl sites for hydroxylation is 1. The zero-order valence-electron chi connectivity index (χ0n) is 23.1. The number of carbonyl (C=O) groups excluding carboxylic acids is 1. The van der Waals surface area contributed by atoms with Crippen molar-refractivity contribution in [3.05, 3.63) is 59.9 Å². The van der Waals surface area contributed by atoms with Gasteiger partial charge in [0.2, 0.25) is 5.91 Å². The molecule has 3 fully saturated rings. The van der Waals surface area contributed by atoms with Crippen LogP contribution in [0.1, 0.15) is 43.2 Å². The summed E-state index contributed by atoms with van der Waals surface area (Å²) < 4.78 is 22.7. The first-order chi connectivity index (χ1) is 19.5. The lowest BCUT2D eigenvalue weighted by Crippen LogP contribution is -2.63. The highest BCUT2D eigenvalue weighted by Crippen LogP contribution is 2.42. The highest BCUT2D eigenvalue weighted by Gasteiger charge is 2.49. The van der Waals surface area contributed by atoms with Crippen molar-refractivity contribution in [1.29, 1.82) is 0 Å². The van der Waals surface area contributed by atoms with Crippen LogP contribution in [0.25, 0.3) is 22.0 Å². The Balaban J connectivity index is 1.29. The third-order valence-corrected chi connectivity index (χ3v) is 9.55. The minimum atomic E-state index is -0.324. The number of aromatic nitrogens is 2. The molecule has 3 aromatic rings. The number of nitrogens with zero attached hydrogens (tertiary/aromatic N) is 5. The molecule has 7 nitrogen and oxygen atoms in total. The second kappa shape index (κ2) is 10.1. The van der Waals surface area contributed by atoms with Gasteiger partial charge < -0.3 is 19.4 Å². The van der Waals surface area contributed by atoms with Crippen LogP contribution in [0.5, 0.6) is 6.01 Å². The predicted molar refractivity (Wildman–Crippen MR) is 154 cm³/mol. The Labute approximate surface area is 234 Å². The number of rotatable bonds is 6. The third kappa shape index (κ3) is 4.15. The molecule has 3 aliphatic heterocycles. The standard InChI is InChI=1S/C32H36FN5O2/c1-3-28(39)37-17-15-26-27(37)18-38(26)31-25-14-13-24(23-12-6-9-20-8-4-5-11-22(20)23)29(33)30(25)34-32(35-31)40-19-21-10-7-16-36(21)2/h3,6,9,12-14,21,26-27H,1,4-5,7-8,10-11,15-19H2,2H3/t21-,26?,27+/m0/s1. The second-order valence-corrected chi connectivity index (χ2v) is 11.7. The van der Waals surface area contributed by atoms with E-state index in [0.717, 1.165) is 50.6 Å². The van der Waals surface area contributed by atoms with E-state index >= 15 is 4.39 Å². The fraction of sp³-hybridized carbons (Fsp3) is 0.469. The van der Waals surface area contributed by atoms with Crippen LogP contribution in [0.15, 0.2) is 43.0 Å². The third-order valence-electron chi connectivity index (χ3n) is 9.55. The van der Waals surface area contributed by atoms with Gasteiger partial charge in [-0.25, -0.2) is 4.39 Å². The molecule has 208 valence electrons. The molecule has 4 aliphatic rings. The fourth-order valence-corrected chi connectivity index (χ4v) is 7.27. The molecule has 7 rings (SSSR count). The van der Waals surface area contributed by atoms with Crippen molar-refractivity contribution in [2.24, 2.45) is 0 Å². The van der Waals surface area contributed by atoms with Gasteiger partial charge in [0.05, 0.1) is 12.1 Å². The Bertz CT molecular complexity index is 1490. The quantitative estimate of drug-likeness (QED) is 0.420. The molecule has 0 N–H and O–H groups in total. The highest BCUT2D eigenvalue weighted by atomic mass is 19.1. The van der Waals surface area contributed by atoms with E-state index in [1.54, 1.807) is 0 Å². The van der Waals surface area contributed by atoms with E-state index < -0.39 is 0 Å². The lowest BCUT2D eigenvalue weighted by molar-refractivity contribution is -0.127. The molecule has 1 aromatic heterocycles. The summed E-state index contributed by atoms with van der Waals surface area (Å²) in [6.07, 6.45) is 8.76. The Morgan fingerprint density at radius 1 is 1.07 bits per heavy atom. The number of likely N-dealkylation sites (tertiary alicyclic amines) is 2. The van der Waals surface area contributed by atoms with Gasteiger partial charge in [-0.05, 0) is 87.4 Å². The van der Waals surface area contributed by atoms with Crippen LogP contribution >= 0.6 is 0 Å². The summed E-state index contributed by atoms with van der Waals surface area (Å²) in [4.78, 5) is 28.3. The maximum Gasteiger partial charge on any atom is 0.319 e. The number of likely N-dealkylation sites (N-methyl/N-ethyl adjacent to an activating group) is 1. The highest BCUT2D eigenvalue weighted by molar-refractivity contribution is 5.95. The number of anilines is 1. The molecule has 0 saturated carbocycles. The Morgan fingerprint density at radius 2 is 1.95 bits per heavy atom. The summed E-state index contributed by atoms with van der Waals surface area (Å²) in [5.74, 6) is 0.329. The van der Waals surface area contributed by atoms with Gasteiger partial charge in [-0.2, -0.15) is 9.97 Å². The zero-order valence-corrected chi connectivity index (χ0v) is 23.1. The fourth-order valence-electron chi connectivity index (χ4n) is 7.27. The molecule has 3 saturated heterocycles. The van der Waals surface area contributed by atoms with Crippen LogP contribution in [0.3, 0.4) is 0 Å². The first kappa shape index (κ1) is 25.4. The van der Waals surface area contributed by atoms with Gasteiger partial charge in [-0.1, -0.05) is 30.8 Å². The molecule has 8 heteroatoms. The summed E-state index contributed by atoms with van der Waals surface area (Å²) in [5.41, 5.74) is 4.42. The maximum atomic E-state index is 16.5. The lowest BCUT2D eigenvalue weighted by atomic mass is 9.85. The molecule has 1 unspecified atom stereocenters. The van der Waals surface area contributed by atoms with E-state index in [4.69, 9.17) is 9.72 Å². The lowest BCUT2D eigenvalue weighted by Gasteiger charge is -2.47. The summed E-state index contributed by atoms with van der Waals surface area (Å²) in [7, 11) is 2.11. The molecule has 4 heterocycles. The molecule has 0 spiro atoms. The van der Waals surface area contributed by atoms with Crippen LogP contribution in [0, 0.1) is 5.82 Å². The average Bonchev–Trinajstić information content (AvgIpc) is 3.53. The Kier molecular flexibility index (Phi) is 6.45. The van der Waals surface area contributed by atoms with Gasteiger partial charge in [0, 0.05) is 30.1 Å². The SMILES string of the molecule is C=CC(=O)N1CCC2[C@H]1CN2c1nc(OC[C@@H]2CCCN2C)nc2c(F)c(-c3cccc4c3CCCC4)ccc12. The van der Waals surface area contributed by atoms with Gasteiger partial charge in [-0.3, -0.25) is 4.79 Å². The van der Waals surface area contributed by atoms with Gasteiger partial charge >= 0.3 is 6.01 Å². The number of amides is 1. The Morgan fingerprint density at radius 3 is 2.77 bits per heavy atom. The summed E-state index contributed by atoms with van der Waals surface area (Å²) in [5, 5.41) is 0.684. The second-order valence-electron chi connectivity index (χ2n) is 11.7. The molecular weight excluding hydrogens is 505 g/mol. The number of benzene rings is 2. The molecule has 3 atom stereocenters. The van der Waals surface area contributed by atoms with Crippen molar-refractivity contribution in [1.82, 2.24) is 19.8 Å². The van der Waals surface area contributed by atoms with E-state index in [1.165, 1.54) is 23.6 Å². The number of ether oxygens (including phenoxy) is 1. The van der Waals surface area contributed by atoms with Crippen molar-refractivity contribution in [2.45, 2.75) is 63.1 Å².